The molecule has 0 saturated carbocycles. The van der Waals surface area contributed by atoms with Gasteiger partial charge >= 0.3 is 5.82 Å². The van der Waals surface area contributed by atoms with Gasteiger partial charge in [0.2, 0.25) is 11.7 Å². The van der Waals surface area contributed by atoms with Crippen molar-refractivity contribution in [1.29, 1.82) is 0 Å². The third-order valence-electron chi connectivity index (χ3n) is 4.78. The van der Waals surface area contributed by atoms with Gasteiger partial charge in [-0.25, -0.2) is 0 Å². The number of nitro benzene ring substituents is 1. The van der Waals surface area contributed by atoms with Gasteiger partial charge in [-0.05, 0) is 22.0 Å². The number of hydrogen-bond acceptors (Lipinski definition) is 7. The first kappa shape index (κ1) is 19.3. The molecule has 1 aromatic carbocycles. The third kappa shape index (κ3) is 4.24. The summed E-state index contributed by atoms with van der Waals surface area (Å²) in [4.78, 5) is 40.7. The van der Waals surface area contributed by atoms with Crippen molar-refractivity contribution in [2.45, 2.75) is 19.9 Å². The zero-order chi connectivity index (χ0) is 20.3. The number of hydrogen-bond donors (Lipinski definition) is 0. The topological polar surface area (TPSA) is 128 Å². The van der Waals surface area contributed by atoms with Crippen molar-refractivity contribution in [2.75, 3.05) is 31.1 Å². The van der Waals surface area contributed by atoms with E-state index in [1.54, 1.807) is 28.5 Å². The molecule has 28 heavy (non-hydrogen) atoms. The zero-order valence-corrected chi connectivity index (χ0v) is 15.4. The number of amides is 1. The minimum atomic E-state index is -0.553. The number of benzene rings is 1. The van der Waals surface area contributed by atoms with Crippen LogP contribution in [0.2, 0.25) is 0 Å². The van der Waals surface area contributed by atoms with Crippen molar-refractivity contribution in [1.82, 2.24) is 14.5 Å². The molecule has 148 valence electrons. The maximum absolute atomic E-state index is 12.5. The Kier molecular flexibility index (Phi) is 5.52. The standard InChI is InChI=1S/C17H20N6O5/c1-13-18-16(23(27)28)12-21(13)7-6-17(24)20-10-8-19(9-11-20)14-2-4-15(5-3-14)22(25)26/h2-5,12H,6-11H2,1H3. The predicted molar refractivity (Wildman–Crippen MR) is 100 cm³/mol. The maximum Gasteiger partial charge on any atom is 0.381 e. The third-order valence-corrected chi connectivity index (χ3v) is 4.78. The molecule has 3 rings (SSSR count). The van der Waals surface area contributed by atoms with Crippen molar-refractivity contribution in [2.24, 2.45) is 0 Å². The van der Waals surface area contributed by atoms with Crippen LogP contribution in [0, 0.1) is 27.2 Å². The first-order valence-electron chi connectivity index (χ1n) is 8.80. The van der Waals surface area contributed by atoms with Crippen LogP contribution in [0.4, 0.5) is 17.2 Å². The van der Waals surface area contributed by atoms with E-state index in [9.17, 15) is 25.0 Å². The molecule has 1 aliphatic rings. The molecule has 1 aliphatic heterocycles. The number of nitrogens with zero attached hydrogens (tertiary/aromatic N) is 6. The van der Waals surface area contributed by atoms with Crippen LogP contribution < -0.4 is 4.90 Å². The van der Waals surface area contributed by atoms with Gasteiger partial charge in [0.05, 0.1) is 4.92 Å². The van der Waals surface area contributed by atoms with Crippen molar-refractivity contribution < 1.29 is 14.6 Å². The van der Waals surface area contributed by atoms with Gasteiger partial charge in [0.25, 0.3) is 5.69 Å². The van der Waals surface area contributed by atoms with E-state index in [2.05, 4.69) is 9.88 Å². The van der Waals surface area contributed by atoms with Crippen molar-refractivity contribution >= 4 is 23.1 Å². The smallest absolute Gasteiger partial charge is 0.368 e. The zero-order valence-electron chi connectivity index (χ0n) is 15.4. The van der Waals surface area contributed by atoms with Crippen LogP contribution in [0.15, 0.2) is 30.5 Å². The lowest BCUT2D eigenvalue weighted by Gasteiger charge is -2.36. The molecule has 1 amide bonds. The van der Waals surface area contributed by atoms with E-state index in [0.717, 1.165) is 5.69 Å². The van der Waals surface area contributed by atoms with E-state index in [4.69, 9.17) is 0 Å². The highest BCUT2D eigenvalue weighted by Crippen LogP contribution is 2.21. The molecule has 2 aromatic rings. The molecule has 2 heterocycles. The molecule has 1 fully saturated rings. The molecular formula is C17H20N6O5. The molecule has 1 aromatic heterocycles. The summed E-state index contributed by atoms with van der Waals surface area (Å²) in [6.07, 6.45) is 1.58. The number of nitro groups is 2. The Balaban J connectivity index is 1.51. The minimum absolute atomic E-state index is 0.0147. The summed E-state index contributed by atoms with van der Waals surface area (Å²) in [6.45, 7) is 4.39. The number of aromatic nitrogens is 2. The predicted octanol–water partition coefficient (Wildman–Crippen LogP) is 1.75. The Labute approximate surface area is 160 Å². The number of aryl methyl sites for hydroxylation is 2. The van der Waals surface area contributed by atoms with E-state index in [1.807, 2.05) is 0 Å². The molecular weight excluding hydrogens is 368 g/mol. The van der Waals surface area contributed by atoms with Crippen LogP contribution in [0.25, 0.3) is 0 Å². The summed E-state index contributed by atoms with van der Waals surface area (Å²) in [5.41, 5.74) is 0.937. The summed E-state index contributed by atoms with van der Waals surface area (Å²) < 4.78 is 1.61. The first-order valence-corrected chi connectivity index (χ1v) is 8.80. The minimum Gasteiger partial charge on any atom is -0.368 e. The number of rotatable bonds is 6. The summed E-state index contributed by atoms with van der Waals surface area (Å²) >= 11 is 0. The lowest BCUT2D eigenvalue weighted by molar-refractivity contribution is -0.389. The highest BCUT2D eigenvalue weighted by atomic mass is 16.6. The molecule has 0 aliphatic carbocycles. The molecule has 0 unspecified atom stereocenters. The van der Waals surface area contributed by atoms with Crippen LogP contribution in [0.1, 0.15) is 12.2 Å². The molecule has 0 radical (unpaired) electrons. The Bertz CT molecular complexity index is 886. The van der Waals surface area contributed by atoms with E-state index in [-0.39, 0.29) is 23.8 Å². The van der Waals surface area contributed by atoms with E-state index in [1.165, 1.54) is 18.3 Å². The second-order valence-electron chi connectivity index (χ2n) is 6.49. The fourth-order valence-corrected chi connectivity index (χ4v) is 3.18. The first-order chi connectivity index (χ1) is 13.3. The van der Waals surface area contributed by atoms with Crippen LogP contribution in [0.3, 0.4) is 0 Å². The Hall–Kier alpha value is -3.50. The van der Waals surface area contributed by atoms with Gasteiger partial charge < -0.3 is 24.5 Å². The van der Waals surface area contributed by atoms with Crippen molar-refractivity contribution in [3.05, 3.63) is 56.5 Å². The Morgan fingerprint density at radius 2 is 1.71 bits per heavy atom. The molecule has 0 bridgehead atoms. The molecule has 0 atom stereocenters. The summed E-state index contributed by atoms with van der Waals surface area (Å²) in [5, 5.41) is 21.5. The fraction of sp³-hybridized carbons (Fsp3) is 0.412. The van der Waals surface area contributed by atoms with Gasteiger partial charge in [0, 0.05) is 63.9 Å². The molecule has 11 heteroatoms. The SMILES string of the molecule is Cc1nc([N+](=O)[O-])cn1CCC(=O)N1CCN(c2ccc([N+](=O)[O-])cc2)CC1. The number of non-ortho nitro benzene ring substituents is 1. The molecule has 1 saturated heterocycles. The number of carbonyl (C=O) groups excluding carboxylic acids is 1. The van der Waals surface area contributed by atoms with Crippen molar-refractivity contribution in [3.63, 3.8) is 0 Å². The fourth-order valence-electron chi connectivity index (χ4n) is 3.18. The number of imidazole rings is 1. The van der Waals surface area contributed by atoms with E-state index in [0.29, 0.717) is 38.5 Å². The van der Waals surface area contributed by atoms with Gasteiger partial charge in [0.1, 0.15) is 6.20 Å². The van der Waals surface area contributed by atoms with Crippen LogP contribution in [0.5, 0.6) is 0 Å². The van der Waals surface area contributed by atoms with Gasteiger partial charge in [-0.2, -0.15) is 0 Å². The average molecular weight is 388 g/mol. The van der Waals surface area contributed by atoms with Crippen molar-refractivity contribution in [3.8, 4) is 0 Å². The van der Waals surface area contributed by atoms with Gasteiger partial charge in [-0.1, -0.05) is 0 Å². The highest BCUT2D eigenvalue weighted by Gasteiger charge is 2.22. The van der Waals surface area contributed by atoms with Gasteiger partial charge in [-0.3, -0.25) is 14.9 Å². The normalized spacial score (nSPS) is 14.2. The average Bonchev–Trinajstić information content (AvgIpc) is 3.07. The van der Waals surface area contributed by atoms with Gasteiger partial charge in [-0.15, -0.1) is 0 Å². The Morgan fingerprint density at radius 1 is 1.07 bits per heavy atom. The lowest BCUT2D eigenvalue weighted by atomic mass is 10.2. The maximum atomic E-state index is 12.5. The summed E-state index contributed by atoms with van der Waals surface area (Å²) in [6, 6.07) is 6.37. The molecule has 0 N–H and O–H groups in total. The van der Waals surface area contributed by atoms with Crippen LogP contribution in [-0.2, 0) is 11.3 Å². The van der Waals surface area contributed by atoms with Crippen LogP contribution >= 0.6 is 0 Å². The largest absolute Gasteiger partial charge is 0.381 e. The molecule has 11 nitrogen and oxygen atoms in total. The summed E-state index contributed by atoms with van der Waals surface area (Å²) in [7, 11) is 0. The Morgan fingerprint density at radius 3 is 2.25 bits per heavy atom. The number of anilines is 1. The molecule has 0 spiro atoms. The highest BCUT2D eigenvalue weighted by molar-refractivity contribution is 5.76. The monoisotopic (exact) mass is 388 g/mol. The van der Waals surface area contributed by atoms with E-state index < -0.39 is 9.85 Å². The van der Waals surface area contributed by atoms with Crippen LogP contribution in [-0.4, -0.2) is 56.4 Å². The number of carbonyl (C=O) groups is 1. The van der Waals surface area contributed by atoms with E-state index >= 15 is 0 Å². The lowest BCUT2D eigenvalue weighted by Crippen LogP contribution is -2.48. The summed E-state index contributed by atoms with van der Waals surface area (Å²) in [5.74, 6) is 0.267. The number of piperazine rings is 1. The quantitative estimate of drug-likeness (QED) is 0.544. The van der Waals surface area contributed by atoms with Gasteiger partial charge in [0.15, 0.2) is 0 Å². The second kappa shape index (κ2) is 8.03. The second-order valence-corrected chi connectivity index (χ2v) is 6.49.